The van der Waals surface area contributed by atoms with Crippen LogP contribution in [0.25, 0.3) is 0 Å². The first-order chi connectivity index (χ1) is 20.7. The molecule has 3 aliphatic rings. The summed E-state index contributed by atoms with van der Waals surface area (Å²) in [5, 5.41) is 16.9. The van der Waals surface area contributed by atoms with Crippen molar-refractivity contribution in [2.24, 2.45) is 17.8 Å². The van der Waals surface area contributed by atoms with Gasteiger partial charge in [-0.15, -0.1) is 11.8 Å². The Morgan fingerprint density at radius 2 is 1.67 bits per heavy atom. The lowest BCUT2D eigenvalue weighted by Crippen LogP contribution is -2.57. The van der Waals surface area contributed by atoms with Crippen LogP contribution >= 0.6 is 11.8 Å². The van der Waals surface area contributed by atoms with Crippen LogP contribution in [0.1, 0.15) is 35.6 Å². The third-order valence-corrected chi connectivity index (χ3v) is 11.7. The topological polar surface area (TPSA) is 98.7 Å². The maximum atomic E-state index is 14.6. The molecule has 3 saturated heterocycles. The summed E-state index contributed by atoms with van der Waals surface area (Å²) in [5.74, 6) is -1.78. The molecule has 3 unspecified atom stereocenters. The van der Waals surface area contributed by atoms with Crippen molar-refractivity contribution in [3.8, 4) is 0 Å². The van der Waals surface area contributed by atoms with Crippen molar-refractivity contribution in [1.29, 1.82) is 0 Å². The van der Waals surface area contributed by atoms with E-state index in [1.807, 2.05) is 92.7 Å². The predicted octanol–water partition coefficient (Wildman–Crippen LogP) is 4.50. The molecular formula is C35H39N3O4S. The predicted molar refractivity (Wildman–Crippen MR) is 169 cm³/mol. The van der Waals surface area contributed by atoms with Crippen LogP contribution in [0.15, 0.2) is 78.9 Å². The van der Waals surface area contributed by atoms with Gasteiger partial charge in [-0.3, -0.25) is 14.4 Å². The van der Waals surface area contributed by atoms with Gasteiger partial charge in [-0.2, -0.15) is 0 Å². The minimum absolute atomic E-state index is 0.0325. The molecule has 0 aliphatic carbocycles. The zero-order chi connectivity index (χ0) is 30.3. The van der Waals surface area contributed by atoms with E-state index in [9.17, 15) is 19.5 Å². The number of nitrogens with zero attached hydrogens (tertiary/aromatic N) is 1. The molecular weight excluding hydrogens is 558 g/mol. The minimum atomic E-state index is -0.831. The first-order valence-electron chi connectivity index (χ1n) is 15.1. The number of likely N-dealkylation sites (tertiary alicyclic amines) is 1. The number of aryl methyl sites for hydroxylation is 2. The fourth-order valence-corrected chi connectivity index (χ4v) is 9.97. The quantitative estimate of drug-likeness (QED) is 0.338. The molecule has 3 aromatic rings. The van der Waals surface area contributed by atoms with Crippen molar-refractivity contribution >= 4 is 35.2 Å². The Labute approximate surface area is 257 Å². The van der Waals surface area contributed by atoms with E-state index in [0.717, 1.165) is 28.7 Å². The van der Waals surface area contributed by atoms with Crippen LogP contribution in [-0.2, 0) is 27.3 Å². The standard InChI is InChI=1S/C35H39N3O4S/c1-21-14-15-22(2)27(16-21)37-33(41)31-35-23(3)17-28(43-35)29(32(40)36-19-25-12-8-5-9-13-25)30(35)34(42)38(31)26(20-39)18-24-10-6-4-7-11-24/h4-16,23,26,28-31,39H,17-20H2,1-3H3,(H,36,40)(H,37,41)/t23?,26-,28+,29-,30+,31?,35?/m1/s1. The molecule has 224 valence electrons. The average Bonchev–Trinajstić information content (AvgIpc) is 3.61. The number of thioether (sulfide) groups is 1. The van der Waals surface area contributed by atoms with E-state index < -0.39 is 28.7 Å². The molecule has 3 aliphatic heterocycles. The van der Waals surface area contributed by atoms with Gasteiger partial charge in [0.15, 0.2) is 0 Å². The SMILES string of the molecule is Cc1ccc(C)c(NC(=O)C2N([C@@H](CO)Cc3ccccc3)C(=O)[C@@H]3[C@H](C(=O)NCc4ccccc4)[C@@H]4CC(C)C23S4)c1. The van der Waals surface area contributed by atoms with Gasteiger partial charge in [0.05, 0.1) is 29.2 Å². The lowest BCUT2D eigenvalue weighted by atomic mass is 9.66. The van der Waals surface area contributed by atoms with Crippen molar-refractivity contribution in [2.75, 3.05) is 11.9 Å². The zero-order valence-electron chi connectivity index (χ0n) is 24.8. The highest BCUT2D eigenvalue weighted by atomic mass is 32.2. The number of carbonyl (C=O) groups is 3. The first-order valence-corrected chi connectivity index (χ1v) is 16.0. The summed E-state index contributed by atoms with van der Waals surface area (Å²) in [5.41, 5.74) is 4.63. The van der Waals surface area contributed by atoms with Crippen molar-refractivity contribution in [2.45, 2.75) is 62.2 Å². The molecule has 1 spiro atoms. The Morgan fingerprint density at radius 3 is 2.35 bits per heavy atom. The van der Waals surface area contributed by atoms with E-state index in [1.165, 1.54) is 0 Å². The van der Waals surface area contributed by atoms with E-state index in [1.54, 1.807) is 16.7 Å². The molecule has 0 radical (unpaired) electrons. The summed E-state index contributed by atoms with van der Waals surface area (Å²) >= 11 is 1.65. The fourth-order valence-electron chi connectivity index (χ4n) is 7.56. The molecule has 2 bridgehead atoms. The highest BCUT2D eigenvalue weighted by Gasteiger charge is 2.76. The van der Waals surface area contributed by atoms with Crippen LogP contribution in [-0.4, -0.2) is 56.4 Å². The first kappa shape index (κ1) is 29.5. The van der Waals surface area contributed by atoms with Gasteiger partial charge in [0, 0.05) is 17.5 Å². The molecule has 3 N–H and O–H groups in total. The second kappa shape index (κ2) is 11.8. The number of aliphatic hydroxyl groups is 1. The number of aliphatic hydroxyl groups excluding tert-OH is 1. The van der Waals surface area contributed by atoms with E-state index in [4.69, 9.17) is 0 Å². The van der Waals surface area contributed by atoms with Crippen LogP contribution in [0.4, 0.5) is 5.69 Å². The van der Waals surface area contributed by atoms with Gasteiger partial charge in [0.1, 0.15) is 6.04 Å². The molecule has 6 rings (SSSR count). The minimum Gasteiger partial charge on any atom is -0.394 e. The molecule has 8 heteroatoms. The molecule has 0 aromatic heterocycles. The van der Waals surface area contributed by atoms with Gasteiger partial charge in [-0.1, -0.05) is 79.7 Å². The molecule has 7 atom stereocenters. The number of hydrogen-bond acceptors (Lipinski definition) is 5. The molecule has 43 heavy (non-hydrogen) atoms. The van der Waals surface area contributed by atoms with Crippen LogP contribution in [0.5, 0.6) is 0 Å². The summed E-state index contributed by atoms with van der Waals surface area (Å²) in [4.78, 5) is 44.6. The summed E-state index contributed by atoms with van der Waals surface area (Å²) in [6.07, 6.45) is 1.16. The number of benzene rings is 3. The van der Waals surface area contributed by atoms with Gasteiger partial charge in [-0.25, -0.2) is 0 Å². The van der Waals surface area contributed by atoms with E-state index in [2.05, 4.69) is 17.6 Å². The Morgan fingerprint density at radius 1 is 1.00 bits per heavy atom. The second-order valence-corrected chi connectivity index (χ2v) is 13.9. The Hall–Kier alpha value is -3.62. The molecule has 7 nitrogen and oxygen atoms in total. The normalized spacial score (nSPS) is 28.0. The Kier molecular flexibility index (Phi) is 8.09. The summed E-state index contributed by atoms with van der Waals surface area (Å²) in [6.45, 7) is 6.13. The average molecular weight is 598 g/mol. The molecule has 3 heterocycles. The fraction of sp³-hybridized carbons (Fsp3) is 0.400. The highest BCUT2D eigenvalue weighted by molar-refractivity contribution is 8.02. The number of rotatable bonds is 9. The lowest BCUT2D eigenvalue weighted by molar-refractivity contribution is -0.142. The maximum absolute atomic E-state index is 14.6. The largest absolute Gasteiger partial charge is 0.394 e. The lowest BCUT2D eigenvalue weighted by Gasteiger charge is -2.40. The van der Waals surface area contributed by atoms with E-state index in [-0.39, 0.29) is 35.5 Å². The number of hydrogen-bond donors (Lipinski definition) is 3. The highest BCUT2D eigenvalue weighted by Crippen LogP contribution is 2.68. The van der Waals surface area contributed by atoms with Gasteiger partial charge in [-0.05, 0) is 60.9 Å². The zero-order valence-corrected chi connectivity index (χ0v) is 25.6. The number of carbonyl (C=O) groups excluding carboxylic acids is 3. The van der Waals surface area contributed by atoms with Crippen LogP contribution in [0.3, 0.4) is 0 Å². The smallest absolute Gasteiger partial charge is 0.248 e. The molecule has 0 saturated carbocycles. The monoisotopic (exact) mass is 597 g/mol. The number of amides is 3. The van der Waals surface area contributed by atoms with Gasteiger partial charge >= 0.3 is 0 Å². The summed E-state index contributed by atoms with van der Waals surface area (Å²) in [7, 11) is 0. The third-order valence-electron chi connectivity index (χ3n) is 9.61. The van der Waals surface area contributed by atoms with Crippen molar-refractivity contribution < 1.29 is 19.5 Å². The van der Waals surface area contributed by atoms with Crippen LogP contribution in [0.2, 0.25) is 0 Å². The Balaban J connectivity index is 1.37. The Bertz CT molecular complexity index is 1520. The van der Waals surface area contributed by atoms with Gasteiger partial charge in [0.2, 0.25) is 17.7 Å². The van der Waals surface area contributed by atoms with E-state index in [0.29, 0.717) is 18.7 Å². The van der Waals surface area contributed by atoms with E-state index >= 15 is 0 Å². The van der Waals surface area contributed by atoms with Crippen molar-refractivity contribution in [3.05, 3.63) is 101 Å². The third kappa shape index (κ3) is 5.14. The van der Waals surface area contributed by atoms with Gasteiger partial charge < -0.3 is 20.6 Å². The second-order valence-electron chi connectivity index (χ2n) is 12.3. The number of anilines is 1. The molecule has 3 aromatic carbocycles. The number of fused-ring (bicyclic) bond motifs is 1. The van der Waals surface area contributed by atoms with Crippen molar-refractivity contribution in [1.82, 2.24) is 10.2 Å². The van der Waals surface area contributed by atoms with Crippen LogP contribution < -0.4 is 10.6 Å². The number of nitrogens with one attached hydrogen (secondary N) is 2. The van der Waals surface area contributed by atoms with Crippen LogP contribution in [0, 0.1) is 31.6 Å². The summed E-state index contributed by atoms with van der Waals surface area (Å²) in [6, 6.07) is 23.9. The molecule has 3 fully saturated rings. The van der Waals surface area contributed by atoms with Crippen molar-refractivity contribution in [3.63, 3.8) is 0 Å². The summed E-state index contributed by atoms with van der Waals surface area (Å²) < 4.78 is -0.775. The van der Waals surface area contributed by atoms with Gasteiger partial charge in [0.25, 0.3) is 0 Å². The maximum Gasteiger partial charge on any atom is 0.248 e. The molecule has 3 amide bonds.